The molecule has 0 bridgehead atoms. The number of amides is 1. The van der Waals surface area contributed by atoms with Crippen LogP contribution in [0.25, 0.3) is 5.69 Å². The average molecular weight is 334 g/mol. The summed E-state index contributed by atoms with van der Waals surface area (Å²) < 4.78 is 1.85. The number of benzene rings is 2. The minimum absolute atomic E-state index is 0.135. The van der Waals surface area contributed by atoms with E-state index in [-0.39, 0.29) is 5.91 Å². The van der Waals surface area contributed by atoms with Gasteiger partial charge in [0.15, 0.2) is 0 Å². The molecule has 1 heterocycles. The lowest BCUT2D eigenvalue weighted by atomic mass is 10.1. The van der Waals surface area contributed by atoms with Gasteiger partial charge in [-0.2, -0.15) is 5.10 Å². The largest absolute Gasteiger partial charge is 0.378 e. The summed E-state index contributed by atoms with van der Waals surface area (Å²) in [7, 11) is 3.94. The minimum atomic E-state index is -0.135. The minimum Gasteiger partial charge on any atom is -0.378 e. The van der Waals surface area contributed by atoms with Crippen LogP contribution in [0, 0.1) is 13.8 Å². The third-order valence-electron chi connectivity index (χ3n) is 4.18. The van der Waals surface area contributed by atoms with Gasteiger partial charge in [0.05, 0.1) is 22.8 Å². The van der Waals surface area contributed by atoms with Crippen molar-refractivity contribution in [1.82, 2.24) is 9.78 Å². The quantitative estimate of drug-likeness (QED) is 0.789. The van der Waals surface area contributed by atoms with Crippen LogP contribution in [0.5, 0.6) is 0 Å². The van der Waals surface area contributed by atoms with Crippen molar-refractivity contribution in [1.29, 1.82) is 0 Å². The molecule has 0 fully saturated rings. The smallest absolute Gasteiger partial charge is 0.255 e. The predicted octanol–water partition coefficient (Wildman–Crippen LogP) is 3.81. The van der Waals surface area contributed by atoms with Crippen molar-refractivity contribution in [3.05, 3.63) is 71.5 Å². The van der Waals surface area contributed by atoms with E-state index >= 15 is 0 Å². The van der Waals surface area contributed by atoms with Gasteiger partial charge in [-0.1, -0.05) is 18.2 Å². The van der Waals surface area contributed by atoms with Crippen LogP contribution in [0.3, 0.4) is 0 Å². The SMILES string of the molecule is Cc1nn(-c2ccccc2)c(C)c1NC(=O)c1ccc(N(C)C)cc1. The van der Waals surface area contributed by atoms with E-state index in [1.807, 2.05) is 92.1 Å². The molecule has 0 radical (unpaired) electrons. The lowest BCUT2D eigenvalue weighted by Crippen LogP contribution is -2.14. The second-order valence-corrected chi connectivity index (χ2v) is 6.19. The molecule has 5 heteroatoms. The lowest BCUT2D eigenvalue weighted by Gasteiger charge is -2.12. The highest BCUT2D eigenvalue weighted by atomic mass is 16.1. The van der Waals surface area contributed by atoms with Crippen molar-refractivity contribution in [2.75, 3.05) is 24.3 Å². The Kier molecular flexibility index (Phi) is 4.57. The molecule has 1 aromatic heterocycles. The van der Waals surface area contributed by atoms with Gasteiger partial charge in [-0.15, -0.1) is 0 Å². The van der Waals surface area contributed by atoms with Crippen molar-refractivity contribution in [2.45, 2.75) is 13.8 Å². The highest BCUT2D eigenvalue weighted by Crippen LogP contribution is 2.23. The zero-order valence-corrected chi connectivity index (χ0v) is 14.9. The maximum atomic E-state index is 12.6. The van der Waals surface area contributed by atoms with Crippen LogP contribution >= 0.6 is 0 Å². The number of carbonyl (C=O) groups excluding carboxylic acids is 1. The van der Waals surface area contributed by atoms with Crippen LogP contribution in [0.4, 0.5) is 11.4 Å². The molecule has 2 aromatic carbocycles. The molecule has 25 heavy (non-hydrogen) atoms. The number of rotatable bonds is 4. The molecule has 0 saturated heterocycles. The fourth-order valence-electron chi connectivity index (χ4n) is 2.74. The Morgan fingerprint density at radius 2 is 1.64 bits per heavy atom. The van der Waals surface area contributed by atoms with Gasteiger partial charge < -0.3 is 10.2 Å². The highest BCUT2D eigenvalue weighted by Gasteiger charge is 2.16. The third kappa shape index (κ3) is 3.40. The molecule has 0 saturated carbocycles. The first-order valence-corrected chi connectivity index (χ1v) is 8.18. The van der Waals surface area contributed by atoms with E-state index in [0.29, 0.717) is 5.56 Å². The van der Waals surface area contributed by atoms with E-state index in [9.17, 15) is 4.79 Å². The van der Waals surface area contributed by atoms with Gasteiger partial charge in [0, 0.05) is 25.3 Å². The maximum Gasteiger partial charge on any atom is 0.255 e. The Balaban J connectivity index is 1.85. The molecular formula is C20H22N4O. The van der Waals surface area contributed by atoms with Crippen molar-refractivity contribution in [3.63, 3.8) is 0 Å². The molecule has 1 amide bonds. The zero-order chi connectivity index (χ0) is 18.0. The van der Waals surface area contributed by atoms with E-state index in [2.05, 4.69) is 10.4 Å². The Morgan fingerprint density at radius 3 is 2.24 bits per heavy atom. The molecule has 3 rings (SSSR count). The lowest BCUT2D eigenvalue weighted by molar-refractivity contribution is 0.102. The van der Waals surface area contributed by atoms with E-state index < -0.39 is 0 Å². The van der Waals surface area contributed by atoms with Crippen molar-refractivity contribution in [2.24, 2.45) is 0 Å². The Hall–Kier alpha value is -3.08. The number of para-hydroxylation sites is 1. The fraction of sp³-hybridized carbons (Fsp3) is 0.200. The van der Waals surface area contributed by atoms with E-state index in [4.69, 9.17) is 0 Å². The molecule has 0 unspecified atom stereocenters. The summed E-state index contributed by atoms with van der Waals surface area (Å²) in [5.74, 6) is -0.135. The summed E-state index contributed by atoms with van der Waals surface area (Å²) >= 11 is 0. The van der Waals surface area contributed by atoms with Gasteiger partial charge in [0.25, 0.3) is 5.91 Å². The summed E-state index contributed by atoms with van der Waals surface area (Å²) in [5.41, 5.74) is 5.10. The first-order valence-electron chi connectivity index (χ1n) is 8.18. The standard InChI is InChI=1S/C20H22N4O/c1-14-19(15(2)24(22-14)18-8-6-5-7-9-18)21-20(25)16-10-12-17(13-11-16)23(3)4/h5-13H,1-4H3,(H,21,25). The summed E-state index contributed by atoms with van der Waals surface area (Å²) in [4.78, 5) is 14.6. The van der Waals surface area contributed by atoms with Crippen LogP contribution in [0.15, 0.2) is 54.6 Å². The number of aryl methyl sites for hydroxylation is 1. The van der Waals surface area contributed by atoms with Gasteiger partial charge in [-0.05, 0) is 50.2 Å². The van der Waals surface area contributed by atoms with Crippen molar-refractivity contribution >= 4 is 17.3 Å². The molecule has 0 aliphatic heterocycles. The summed E-state index contributed by atoms with van der Waals surface area (Å²) in [6.07, 6.45) is 0. The zero-order valence-electron chi connectivity index (χ0n) is 14.9. The molecule has 0 aliphatic carbocycles. The van der Waals surface area contributed by atoms with Gasteiger partial charge in [-0.25, -0.2) is 4.68 Å². The maximum absolute atomic E-state index is 12.6. The third-order valence-corrected chi connectivity index (χ3v) is 4.18. The molecule has 1 N–H and O–H groups in total. The van der Waals surface area contributed by atoms with E-state index in [1.165, 1.54) is 0 Å². The van der Waals surface area contributed by atoms with Crippen molar-refractivity contribution in [3.8, 4) is 5.69 Å². The number of hydrogen-bond donors (Lipinski definition) is 1. The molecule has 0 spiro atoms. The molecule has 128 valence electrons. The number of aromatic nitrogens is 2. The van der Waals surface area contributed by atoms with Gasteiger partial charge >= 0.3 is 0 Å². The molecular weight excluding hydrogens is 312 g/mol. The van der Waals surface area contributed by atoms with Gasteiger partial charge in [0.1, 0.15) is 0 Å². The average Bonchev–Trinajstić information content (AvgIpc) is 2.90. The Labute approximate surface area is 147 Å². The summed E-state index contributed by atoms with van der Waals surface area (Å²) in [5, 5.41) is 7.56. The van der Waals surface area contributed by atoms with Gasteiger partial charge in [0.2, 0.25) is 0 Å². The van der Waals surface area contributed by atoms with Crippen LogP contribution in [0.1, 0.15) is 21.7 Å². The van der Waals surface area contributed by atoms with E-state index in [0.717, 1.165) is 28.5 Å². The molecule has 0 aliphatic rings. The summed E-state index contributed by atoms with van der Waals surface area (Å²) in [6.45, 7) is 3.86. The second-order valence-electron chi connectivity index (χ2n) is 6.19. The predicted molar refractivity (Wildman–Crippen MR) is 102 cm³/mol. The first-order chi connectivity index (χ1) is 12.0. The number of anilines is 2. The number of carbonyl (C=O) groups is 1. The topological polar surface area (TPSA) is 50.2 Å². The fourth-order valence-corrected chi connectivity index (χ4v) is 2.74. The van der Waals surface area contributed by atoms with Crippen LogP contribution in [0.2, 0.25) is 0 Å². The molecule has 3 aromatic rings. The van der Waals surface area contributed by atoms with Crippen LogP contribution in [-0.4, -0.2) is 29.8 Å². The Bertz CT molecular complexity index is 880. The van der Waals surface area contributed by atoms with Gasteiger partial charge in [-0.3, -0.25) is 4.79 Å². The molecule has 5 nitrogen and oxygen atoms in total. The first kappa shape index (κ1) is 16.8. The van der Waals surface area contributed by atoms with Crippen LogP contribution in [-0.2, 0) is 0 Å². The van der Waals surface area contributed by atoms with Crippen molar-refractivity contribution < 1.29 is 4.79 Å². The number of nitrogens with zero attached hydrogens (tertiary/aromatic N) is 3. The second kappa shape index (κ2) is 6.81. The number of hydrogen-bond acceptors (Lipinski definition) is 3. The van der Waals surface area contributed by atoms with E-state index in [1.54, 1.807) is 0 Å². The summed E-state index contributed by atoms with van der Waals surface area (Å²) in [6, 6.07) is 17.4. The van der Waals surface area contributed by atoms with Crippen LogP contribution < -0.4 is 10.2 Å². The normalized spacial score (nSPS) is 10.6. The molecule has 0 atom stereocenters. The Morgan fingerprint density at radius 1 is 1.00 bits per heavy atom. The highest BCUT2D eigenvalue weighted by molar-refractivity contribution is 6.05. The number of nitrogens with one attached hydrogen (secondary N) is 1. The monoisotopic (exact) mass is 334 g/mol.